The van der Waals surface area contributed by atoms with Crippen LogP contribution in [0.3, 0.4) is 0 Å². The highest BCUT2D eigenvalue weighted by molar-refractivity contribution is 5.18. The zero-order valence-corrected chi connectivity index (χ0v) is 13.1. The first-order chi connectivity index (χ1) is 11.2. The summed E-state index contributed by atoms with van der Waals surface area (Å²) in [5, 5.41) is 17.4. The molecule has 1 aliphatic rings. The first-order valence-electron chi connectivity index (χ1n) is 7.84. The summed E-state index contributed by atoms with van der Waals surface area (Å²) in [6.45, 7) is 4.41. The second kappa shape index (κ2) is 7.16. The number of ether oxygens (including phenoxy) is 1. The number of aliphatic hydroxyl groups is 1. The smallest absolute Gasteiger partial charge is 0.180 e. The number of nitrogens with zero attached hydrogens (tertiary/aromatic N) is 3. The molecule has 0 spiro atoms. The molecule has 2 heterocycles. The molecule has 1 aromatic heterocycles. The Labute approximate surface area is 134 Å². The van der Waals surface area contributed by atoms with Gasteiger partial charge in [0.25, 0.3) is 0 Å². The van der Waals surface area contributed by atoms with E-state index in [1.807, 2.05) is 6.92 Å². The molecular weight excluding hydrogens is 299 g/mol. The Morgan fingerprint density at radius 1 is 1.43 bits per heavy atom. The van der Waals surface area contributed by atoms with Crippen LogP contribution in [0.4, 0.5) is 4.39 Å². The molecule has 2 aromatic rings. The van der Waals surface area contributed by atoms with Crippen molar-refractivity contribution in [3.8, 4) is 0 Å². The highest BCUT2D eigenvalue weighted by atomic mass is 19.1. The summed E-state index contributed by atoms with van der Waals surface area (Å²) < 4.78 is 18.7. The zero-order chi connectivity index (χ0) is 16.2. The van der Waals surface area contributed by atoms with Crippen molar-refractivity contribution in [3.05, 3.63) is 47.3 Å². The number of aliphatic hydroxyl groups excluding tert-OH is 1. The Morgan fingerprint density at radius 3 is 2.91 bits per heavy atom. The second-order valence-corrected chi connectivity index (χ2v) is 5.68. The van der Waals surface area contributed by atoms with Crippen LogP contribution in [0.1, 0.15) is 36.3 Å². The average molecular weight is 320 g/mol. The van der Waals surface area contributed by atoms with Crippen LogP contribution in [0.2, 0.25) is 0 Å². The number of aromatic amines is 1. The van der Waals surface area contributed by atoms with Crippen LogP contribution in [0.15, 0.2) is 24.3 Å². The number of hydrogen-bond acceptors (Lipinski definition) is 5. The maximum atomic E-state index is 13.0. The summed E-state index contributed by atoms with van der Waals surface area (Å²) in [6.07, 6.45) is -0.0550. The van der Waals surface area contributed by atoms with E-state index in [1.165, 1.54) is 12.1 Å². The molecule has 2 N–H and O–H groups in total. The van der Waals surface area contributed by atoms with E-state index in [9.17, 15) is 9.50 Å². The molecule has 1 fully saturated rings. The molecule has 124 valence electrons. The lowest BCUT2D eigenvalue weighted by Gasteiger charge is -2.32. The number of hydrogen-bond donors (Lipinski definition) is 2. The van der Waals surface area contributed by atoms with Crippen molar-refractivity contribution < 1.29 is 14.2 Å². The average Bonchev–Trinajstić information content (AvgIpc) is 3.05. The quantitative estimate of drug-likeness (QED) is 0.875. The molecule has 0 aliphatic carbocycles. The fraction of sp³-hybridized carbons (Fsp3) is 0.500. The Balaban J connectivity index is 1.60. The van der Waals surface area contributed by atoms with Gasteiger partial charge in [0, 0.05) is 26.1 Å². The molecule has 0 saturated carbocycles. The van der Waals surface area contributed by atoms with E-state index in [2.05, 4.69) is 20.1 Å². The normalized spacial score (nSPS) is 20.6. The summed E-state index contributed by atoms with van der Waals surface area (Å²) in [6, 6.07) is 5.95. The second-order valence-electron chi connectivity index (χ2n) is 5.68. The van der Waals surface area contributed by atoms with Crippen LogP contribution in [0, 0.1) is 5.82 Å². The molecule has 0 unspecified atom stereocenters. The summed E-state index contributed by atoms with van der Waals surface area (Å²) in [5.41, 5.74) is 0.709. The van der Waals surface area contributed by atoms with Gasteiger partial charge in [-0.15, -0.1) is 0 Å². The van der Waals surface area contributed by atoms with Crippen LogP contribution in [-0.4, -0.2) is 51.4 Å². The number of aromatic nitrogens is 3. The first kappa shape index (κ1) is 16.0. The molecule has 0 amide bonds. The lowest BCUT2D eigenvalue weighted by molar-refractivity contribution is -0.0461. The Kier molecular flexibility index (Phi) is 5.00. The Hall–Kier alpha value is -1.83. The zero-order valence-electron chi connectivity index (χ0n) is 13.1. The van der Waals surface area contributed by atoms with Gasteiger partial charge in [0.2, 0.25) is 0 Å². The van der Waals surface area contributed by atoms with Crippen molar-refractivity contribution >= 4 is 0 Å². The van der Waals surface area contributed by atoms with Crippen LogP contribution in [-0.2, 0) is 11.2 Å². The molecule has 0 radical (unpaired) electrons. The molecule has 1 aromatic carbocycles. The van der Waals surface area contributed by atoms with E-state index in [0.717, 1.165) is 18.8 Å². The number of nitrogens with one attached hydrogen (secondary N) is 1. The Bertz CT molecular complexity index is 631. The predicted octanol–water partition coefficient (Wildman–Crippen LogP) is 1.61. The third-order valence-electron chi connectivity index (χ3n) is 4.01. The molecule has 6 nitrogen and oxygen atoms in total. The number of halogens is 1. The maximum Gasteiger partial charge on any atom is 0.180 e. The number of morpholine rings is 1. The maximum absolute atomic E-state index is 13.0. The summed E-state index contributed by atoms with van der Waals surface area (Å²) in [5.74, 6) is 1.19. The van der Waals surface area contributed by atoms with E-state index < -0.39 is 6.10 Å². The third kappa shape index (κ3) is 3.93. The van der Waals surface area contributed by atoms with Gasteiger partial charge in [0.1, 0.15) is 17.7 Å². The number of aryl methyl sites for hydroxylation is 1. The van der Waals surface area contributed by atoms with E-state index >= 15 is 0 Å². The van der Waals surface area contributed by atoms with Gasteiger partial charge in [-0.1, -0.05) is 19.1 Å². The van der Waals surface area contributed by atoms with Crippen molar-refractivity contribution in [2.45, 2.75) is 25.6 Å². The number of H-pyrrole nitrogens is 1. The minimum Gasteiger partial charge on any atom is -0.387 e. The van der Waals surface area contributed by atoms with Gasteiger partial charge in [0.15, 0.2) is 5.82 Å². The van der Waals surface area contributed by atoms with Gasteiger partial charge in [-0.2, -0.15) is 5.10 Å². The van der Waals surface area contributed by atoms with Gasteiger partial charge in [-0.05, 0) is 17.7 Å². The Morgan fingerprint density at radius 2 is 2.22 bits per heavy atom. The first-order valence-corrected chi connectivity index (χ1v) is 7.84. The van der Waals surface area contributed by atoms with E-state index in [0.29, 0.717) is 31.1 Å². The highest BCUT2D eigenvalue weighted by Gasteiger charge is 2.26. The van der Waals surface area contributed by atoms with Gasteiger partial charge >= 0.3 is 0 Å². The van der Waals surface area contributed by atoms with E-state index in [1.54, 1.807) is 12.1 Å². The van der Waals surface area contributed by atoms with Gasteiger partial charge in [-0.25, -0.2) is 9.37 Å². The van der Waals surface area contributed by atoms with Crippen molar-refractivity contribution in [3.63, 3.8) is 0 Å². The summed E-state index contributed by atoms with van der Waals surface area (Å²) >= 11 is 0. The predicted molar refractivity (Wildman–Crippen MR) is 82.3 cm³/mol. The topological polar surface area (TPSA) is 74.3 Å². The number of rotatable bonds is 5. The number of β-amino-alcohol motifs (C(OH)–C–C–N with tert-alkyl or cyclic N) is 1. The van der Waals surface area contributed by atoms with Gasteiger partial charge < -0.3 is 9.84 Å². The minimum absolute atomic E-state index is 0.194. The largest absolute Gasteiger partial charge is 0.387 e. The lowest BCUT2D eigenvalue weighted by atomic mass is 10.1. The standard InChI is InChI=1S/C16H21FN4O2/c1-2-15-18-16(20-19-15)14-10-21(7-8-23-14)9-13(22)11-3-5-12(17)6-4-11/h3-6,13-14,22H,2,7-10H2,1H3,(H,18,19,20)/t13-,14+/m1/s1. The highest BCUT2D eigenvalue weighted by Crippen LogP contribution is 2.22. The molecular formula is C16H21FN4O2. The SMILES string of the molecule is CCc1nc([C@@H]2CN(C[C@@H](O)c3ccc(F)cc3)CCO2)n[nH]1. The van der Waals surface area contributed by atoms with Crippen LogP contribution in [0.25, 0.3) is 0 Å². The molecule has 2 atom stereocenters. The number of benzene rings is 1. The minimum atomic E-state index is -0.660. The fourth-order valence-electron chi connectivity index (χ4n) is 2.67. The molecule has 23 heavy (non-hydrogen) atoms. The van der Waals surface area contributed by atoms with Gasteiger partial charge in [0.05, 0.1) is 12.7 Å². The van der Waals surface area contributed by atoms with Gasteiger partial charge in [-0.3, -0.25) is 10.00 Å². The summed E-state index contributed by atoms with van der Waals surface area (Å²) in [4.78, 5) is 6.53. The van der Waals surface area contributed by atoms with Crippen molar-refractivity contribution in [2.75, 3.05) is 26.2 Å². The monoisotopic (exact) mass is 320 g/mol. The fourth-order valence-corrected chi connectivity index (χ4v) is 2.67. The molecule has 1 aliphatic heterocycles. The third-order valence-corrected chi connectivity index (χ3v) is 4.01. The molecule has 0 bridgehead atoms. The lowest BCUT2D eigenvalue weighted by Crippen LogP contribution is -2.40. The molecule has 3 rings (SSSR count). The van der Waals surface area contributed by atoms with E-state index in [-0.39, 0.29) is 11.9 Å². The summed E-state index contributed by atoms with van der Waals surface area (Å²) in [7, 11) is 0. The van der Waals surface area contributed by atoms with Crippen molar-refractivity contribution in [1.29, 1.82) is 0 Å². The van der Waals surface area contributed by atoms with Crippen LogP contribution < -0.4 is 0 Å². The van der Waals surface area contributed by atoms with Crippen LogP contribution in [0.5, 0.6) is 0 Å². The van der Waals surface area contributed by atoms with Crippen LogP contribution >= 0.6 is 0 Å². The van der Waals surface area contributed by atoms with Crippen molar-refractivity contribution in [2.24, 2.45) is 0 Å². The molecule has 1 saturated heterocycles. The molecule has 7 heteroatoms. The van der Waals surface area contributed by atoms with E-state index in [4.69, 9.17) is 4.74 Å². The van der Waals surface area contributed by atoms with Crippen molar-refractivity contribution in [1.82, 2.24) is 20.1 Å².